The van der Waals surface area contributed by atoms with Crippen molar-refractivity contribution in [3.8, 4) is 5.75 Å². The molecular weight excluding hydrogens is 392 g/mol. The third kappa shape index (κ3) is 4.28. The predicted molar refractivity (Wildman–Crippen MR) is 112 cm³/mol. The van der Waals surface area contributed by atoms with Crippen LogP contribution in [0.15, 0.2) is 64.9 Å². The van der Waals surface area contributed by atoms with E-state index in [-0.39, 0.29) is 4.90 Å². The molecule has 1 aliphatic rings. The van der Waals surface area contributed by atoms with E-state index in [1.54, 1.807) is 47.7 Å². The molecule has 0 aliphatic carbocycles. The van der Waals surface area contributed by atoms with Gasteiger partial charge in [-0.3, -0.25) is 4.90 Å². The molecule has 7 heteroatoms. The average molecular weight is 415 g/mol. The maximum atomic E-state index is 12.7. The van der Waals surface area contributed by atoms with Crippen LogP contribution in [0.5, 0.6) is 5.75 Å². The molecule has 1 N–H and O–H groups in total. The zero-order chi connectivity index (χ0) is 19.6. The first kappa shape index (κ1) is 19.1. The number of aryl methyl sites for hydroxylation is 1. The Morgan fingerprint density at radius 2 is 2.04 bits per heavy atom. The molecule has 0 amide bonds. The maximum absolute atomic E-state index is 12.7. The summed E-state index contributed by atoms with van der Waals surface area (Å²) in [5, 5.41) is 2.11. The SMILES string of the molecule is Cc1ccsc1CN1CCOc2cc([S+](=O)([O-])Nc3ccccc3)ccc2C1. The van der Waals surface area contributed by atoms with Crippen molar-refractivity contribution in [2.24, 2.45) is 0 Å². The summed E-state index contributed by atoms with van der Waals surface area (Å²) in [4.78, 5) is 3.90. The Labute approximate surface area is 170 Å². The average Bonchev–Trinajstić information content (AvgIpc) is 2.96. The zero-order valence-corrected chi connectivity index (χ0v) is 17.2. The summed E-state index contributed by atoms with van der Waals surface area (Å²) in [5.41, 5.74) is 2.85. The molecule has 28 heavy (non-hydrogen) atoms. The molecule has 1 atom stereocenters. The molecule has 1 unspecified atom stereocenters. The lowest BCUT2D eigenvalue weighted by molar-refractivity contribution is 0.220. The van der Waals surface area contributed by atoms with E-state index in [9.17, 15) is 8.76 Å². The summed E-state index contributed by atoms with van der Waals surface area (Å²) < 4.78 is 33.9. The topological polar surface area (TPSA) is 64.6 Å². The summed E-state index contributed by atoms with van der Waals surface area (Å²) in [6.45, 7) is 5.08. The Bertz CT molecular complexity index is 1000. The third-order valence-corrected chi connectivity index (χ3v) is 7.16. The van der Waals surface area contributed by atoms with Gasteiger partial charge in [0.1, 0.15) is 12.4 Å². The van der Waals surface area contributed by atoms with Gasteiger partial charge in [0.15, 0.2) is 15.3 Å². The van der Waals surface area contributed by atoms with E-state index in [0.29, 0.717) is 18.0 Å². The van der Waals surface area contributed by atoms with E-state index >= 15 is 0 Å². The molecule has 0 bridgehead atoms. The number of sulfonamides is 1. The fourth-order valence-electron chi connectivity index (χ4n) is 3.20. The van der Waals surface area contributed by atoms with Crippen LogP contribution in [0, 0.1) is 6.92 Å². The van der Waals surface area contributed by atoms with Gasteiger partial charge in [-0.2, -0.15) is 0 Å². The minimum Gasteiger partial charge on any atom is -0.588 e. The van der Waals surface area contributed by atoms with Crippen LogP contribution in [0.1, 0.15) is 16.0 Å². The molecule has 1 aromatic heterocycles. The van der Waals surface area contributed by atoms with Gasteiger partial charge >= 0.3 is 0 Å². The molecule has 0 radical (unpaired) electrons. The number of para-hydroxylation sites is 1. The van der Waals surface area contributed by atoms with E-state index in [1.807, 2.05) is 12.1 Å². The quantitative estimate of drug-likeness (QED) is 0.626. The van der Waals surface area contributed by atoms with Crippen LogP contribution in [-0.2, 0) is 27.7 Å². The highest BCUT2D eigenvalue weighted by molar-refractivity contribution is 7.98. The highest BCUT2D eigenvalue weighted by Crippen LogP contribution is 2.30. The lowest BCUT2D eigenvalue weighted by Gasteiger charge is -2.19. The Hall–Kier alpha value is -2.19. The molecule has 146 valence electrons. The van der Waals surface area contributed by atoms with E-state index in [2.05, 4.69) is 28.0 Å². The number of nitrogens with zero attached hydrogens (tertiary/aromatic N) is 1. The molecule has 3 aromatic rings. The number of hydrogen-bond acceptors (Lipinski definition) is 5. The Morgan fingerprint density at radius 1 is 1.21 bits per heavy atom. The lowest BCUT2D eigenvalue weighted by Crippen LogP contribution is -2.25. The van der Waals surface area contributed by atoms with Gasteiger partial charge in [-0.15, -0.1) is 11.3 Å². The van der Waals surface area contributed by atoms with Gasteiger partial charge in [0.2, 0.25) is 0 Å². The van der Waals surface area contributed by atoms with Crippen molar-refractivity contribution in [2.75, 3.05) is 17.9 Å². The van der Waals surface area contributed by atoms with Gasteiger partial charge in [0.05, 0.1) is 5.69 Å². The number of anilines is 1. The fraction of sp³-hybridized carbons (Fsp3) is 0.238. The minimum absolute atomic E-state index is 0.206. The van der Waals surface area contributed by atoms with Crippen molar-refractivity contribution in [1.29, 1.82) is 0 Å². The Morgan fingerprint density at radius 3 is 2.79 bits per heavy atom. The van der Waals surface area contributed by atoms with Crippen LogP contribution in [0.4, 0.5) is 5.69 Å². The molecule has 0 saturated heterocycles. The number of rotatable bonds is 5. The number of nitrogens with one attached hydrogen (secondary N) is 1. The Kier molecular flexibility index (Phi) is 5.50. The normalized spacial score (nSPS) is 16.5. The smallest absolute Gasteiger partial charge is 0.184 e. The van der Waals surface area contributed by atoms with Gasteiger partial charge in [-0.1, -0.05) is 22.4 Å². The van der Waals surface area contributed by atoms with Gasteiger partial charge in [-0.25, -0.2) is 4.72 Å². The maximum Gasteiger partial charge on any atom is 0.184 e. The van der Waals surface area contributed by atoms with E-state index in [4.69, 9.17) is 4.74 Å². The molecule has 1 aliphatic heterocycles. The van der Waals surface area contributed by atoms with Crippen molar-refractivity contribution in [1.82, 2.24) is 4.90 Å². The molecule has 2 heterocycles. The van der Waals surface area contributed by atoms with Crippen LogP contribution in [0.3, 0.4) is 0 Å². The monoisotopic (exact) mass is 414 g/mol. The zero-order valence-electron chi connectivity index (χ0n) is 15.6. The highest BCUT2D eigenvalue weighted by atomic mass is 32.3. The van der Waals surface area contributed by atoms with E-state index < -0.39 is 10.4 Å². The molecule has 0 saturated carbocycles. The number of ether oxygens (including phenoxy) is 1. The lowest BCUT2D eigenvalue weighted by atomic mass is 10.2. The van der Waals surface area contributed by atoms with Gasteiger partial charge in [0, 0.05) is 36.1 Å². The van der Waals surface area contributed by atoms with Crippen LogP contribution < -0.4 is 9.46 Å². The van der Waals surface area contributed by atoms with Gasteiger partial charge in [0.25, 0.3) is 0 Å². The van der Waals surface area contributed by atoms with Crippen molar-refractivity contribution >= 4 is 27.4 Å². The van der Waals surface area contributed by atoms with Crippen LogP contribution >= 0.6 is 11.3 Å². The minimum atomic E-state index is -3.66. The van der Waals surface area contributed by atoms with Crippen molar-refractivity contribution in [3.05, 3.63) is 76.0 Å². The summed E-state index contributed by atoms with van der Waals surface area (Å²) in [7, 11) is -3.66. The summed E-state index contributed by atoms with van der Waals surface area (Å²) >= 11 is 1.77. The van der Waals surface area contributed by atoms with Crippen LogP contribution in [0.25, 0.3) is 0 Å². The second kappa shape index (κ2) is 8.05. The summed E-state index contributed by atoms with van der Waals surface area (Å²) in [5.74, 6) is 0.640. The van der Waals surface area contributed by atoms with Gasteiger partial charge in [-0.05, 0) is 48.2 Å². The largest absolute Gasteiger partial charge is 0.588 e. The number of hydrogen-bond donors (Lipinski definition) is 1. The first-order valence-electron chi connectivity index (χ1n) is 9.10. The highest BCUT2D eigenvalue weighted by Gasteiger charge is 2.24. The molecule has 0 fully saturated rings. The molecular formula is C21H22N2O3S2. The van der Waals surface area contributed by atoms with Crippen LogP contribution in [-0.4, -0.2) is 22.6 Å². The standard InChI is InChI=1S/C21H22N2O3S2/c1-16-9-12-27-21(16)15-23-10-11-26-20-13-19(8-7-17(20)14-23)28(24,25)22-18-5-3-2-4-6-18/h2-9,12-13H,10-11,14-15H2,1H3,(H-,22,24,25). The van der Waals surface area contributed by atoms with Crippen molar-refractivity contribution in [2.45, 2.75) is 24.9 Å². The van der Waals surface area contributed by atoms with Crippen molar-refractivity contribution in [3.63, 3.8) is 0 Å². The number of fused-ring (bicyclic) bond motifs is 1. The second-order valence-electron chi connectivity index (χ2n) is 6.83. The predicted octanol–water partition coefficient (Wildman–Crippen LogP) is 4.47. The molecule has 2 aromatic carbocycles. The summed E-state index contributed by atoms with van der Waals surface area (Å²) in [6.07, 6.45) is 0. The van der Waals surface area contributed by atoms with Crippen LogP contribution in [0.2, 0.25) is 0 Å². The third-order valence-electron chi connectivity index (χ3n) is 4.77. The molecule has 0 spiro atoms. The van der Waals surface area contributed by atoms with E-state index in [0.717, 1.165) is 25.2 Å². The van der Waals surface area contributed by atoms with E-state index in [1.165, 1.54) is 10.4 Å². The molecule has 5 nitrogen and oxygen atoms in total. The first-order chi connectivity index (χ1) is 13.5. The second-order valence-corrected chi connectivity index (χ2v) is 9.51. The fourth-order valence-corrected chi connectivity index (χ4v) is 5.22. The first-order valence-corrected chi connectivity index (χ1v) is 11.5. The molecule has 4 rings (SSSR count). The number of thiophene rings is 1. The van der Waals surface area contributed by atoms with Crippen molar-refractivity contribution < 1.29 is 13.5 Å². The Balaban J connectivity index is 1.53. The van der Waals surface area contributed by atoms with Gasteiger partial charge < -0.3 is 9.29 Å². The number of benzene rings is 2. The summed E-state index contributed by atoms with van der Waals surface area (Å²) in [6, 6.07) is 16.1.